The molecular weight excluding hydrogens is 416 g/mol. The standard InChI is InChI=1S/C26H30N4OS/c1-19-22-18-23(32-25-11-7-10-24(28-19)30(22)25)26(31)27-14-5-6-15-29-16-12-21(13-17-29)20-8-3-2-4-9-20/h2-4,7-11,18,21H,5-6,12-17H2,1H3,(H,27,31). The zero-order chi connectivity index (χ0) is 21.9. The molecule has 0 unspecified atom stereocenters. The number of likely N-dealkylation sites (tertiary alicyclic amines) is 1. The highest BCUT2D eigenvalue weighted by atomic mass is 32.2. The van der Waals surface area contributed by atoms with Crippen LogP contribution in [0.2, 0.25) is 0 Å². The maximum atomic E-state index is 12.8. The number of nitrogens with one attached hydrogen (secondary N) is 1. The topological polar surface area (TPSA) is 49.6 Å². The van der Waals surface area contributed by atoms with Crippen LogP contribution in [-0.4, -0.2) is 46.4 Å². The highest BCUT2D eigenvalue weighted by Gasteiger charge is 2.22. The normalized spacial score (nSPS) is 16.8. The molecule has 6 heteroatoms. The first kappa shape index (κ1) is 21.3. The lowest BCUT2D eigenvalue weighted by atomic mass is 9.89. The van der Waals surface area contributed by atoms with E-state index in [2.05, 4.69) is 49.9 Å². The average molecular weight is 447 g/mol. The number of rotatable bonds is 7. The largest absolute Gasteiger partial charge is 0.352 e. The van der Waals surface area contributed by atoms with Crippen molar-refractivity contribution < 1.29 is 4.79 Å². The third-order valence-corrected chi connectivity index (χ3v) is 7.63. The third kappa shape index (κ3) is 4.48. The Morgan fingerprint density at radius 1 is 1.09 bits per heavy atom. The first-order valence-electron chi connectivity index (χ1n) is 11.6. The first-order chi connectivity index (χ1) is 15.7. The molecule has 3 aromatic rings. The van der Waals surface area contributed by atoms with Gasteiger partial charge in [0.05, 0.1) is 21.3 Å². The Bertz CT molecular complexity index is 1130. The van der Waals surface area contributed by atoms with Crippen molar-refractivity contribution in [3.63, 3.8) is 0 Å². The molecule has 2 aromatic heterocycles. The van der Waals surface area contributed by atoms with Gasteiger partial charge in [0.25, 0.3) is 5.91 Å². The minimum absolute atomic E-state index is 0.0162. The van der Waals surface area contributed by atoms with Crippen LogP contribution in [-0.2, 0) is 4.79 Å². The van der Waals surface area contributed by atoms with E-state index in [9.17, 15) is 4.79 Å². The Kier molecular flexibility index (Phi) is 6.32. The summed E-state index contributed by atoms with van der Waals surface area (Å²) in [5, 5.41) is 4.16. The molecule has 0 saturated carbocycles. The quantitative estimate of drug-likeness (QED) is 0.526. The molecule has 5 nitrogen and oxygen atoms in total. The number of hydrogen-bond donors (Lipinski definition) is 1. The summed E-state index contributed by atoms with van der Waals surface area (Å²) in [5.74, 6) is 0.723. The molecule has 1 N–H and O–H groups in total. The Hall–Kier alpha value is -2.57. The average Bonchev–Trinajstić information content (AvgIpc) is 3.16. The number of aryl methyl sites for hydroxylation is 1. The van der Waals surface area contributed by atoms with Gasteiger partial charge in [-0.05, 0) is 81.9 Å². The van der Waals surface area contributed by atoms with Gasteiger partial charge in [-0.1, -0.05) is 48.2 Å². The monoisotopic (exact) mass is 446 g/mol. The number of unbranched alkanes of at least 4 members (excludes halogenated alkanes) is 1. The van der Waals surface area contributed by atoms with Gasteiger partial charge < -0.3 is 10.2 Å². The van der Waals surface area contributed by atoms with Gasteiger partial charge >= 0.3 is 0 Å². The summed E-state index contributed by atoms with van der Waals surface area (Å²) in [4.78, 5) is 20.7. The van der Waals surface area contributed by atoms with E-state index < -0.39 is 0 Å². The van der Waals surface area contributed by atoms with Crippen LogP contribution in [0.4, 0.5) is 0 Å². The molecule has 0 aliphatic carbocycles. The van der Waals surface area contributed by atoms with Crippen LogP contribution in [0.1, 0.15) is 48.6 Å². The molecule has 2 aliphatic rings. The van der Waals surface area contributed by atoms with E-state index in [1.807, 2.05) is 31.2 Å². The van der Waals surface area contributed by atoms with Gasteiger partial charge in [0.1, 0.15) is 5.65 Å². The zero-order valence-electron chi connectivity index (χ0n) is 18.6. The Balaban J connectivity index is 1.05. The molecule has 166 valence electrons. The Labute approximate surface area is 193 Å². The second-order valence-corrected chi connectivity index (χ2v) is 9.80. The summed E-state index contributed by atoms with van der Waals surface area (Å²) in [7, 11) is 0. The van der Waals surface area contributed by atoms with Gasteiger partial charge in [-0.3, -0.25) is 9.20 Å². The van der Waals surface area contributed by atoms with Gasteiger partial charge in [-0.15, -0.1) is 0 Å². The lowest BCUT2D eigenvalue weighted by molar-refractivity contribution is -0.116. The van der Waals surface area contributed by atoms with Crippen molar-refractivity contribution in [2.45, 2.75) is 43.6 Å². The van der Waals surface area contributed by atoms with Gasteiger partial charge in [-0.2, -0.15) is 0 Å². The van der Waals surface area contributed by atoms with Crippen molar-refractivity contribution in [2.24, 2.45) is 0 Å². The van der Waals surface area contributed by atoms with Gasteiger partial charge in [0.15, 0.2) is 0 Å². The predicted molar refractivity (Wildman–Crippen MR) is 131 cm³/mol. The first-order valence-corrected chi connectivity index (χ1v) is 12.4. The maximum absolute atomic E-state index is 12.8. The van der Waals surface area contributed by atoms with E-state index in [0.29, 0.717) is 5.92 Å². The SMILES string of the molecule is Cc1nc2cccc3n2c1C=C(C(=O)NCCCCN1CCC(c2ccccc2)CC1)S3. The Morgan fingerprint density at radius 2 is 1.91 bits per heavy atom. The van der Waals surface area contributed by atoms with Crippen molar-refractivity contribution in [3.05, 3.63) is 70.4 Å². The fourth-order valence-electron chi connectivity index (χ4n) is 4.79. The van der Waals surface area contributed by atoms with Crippen molar-refractivity contribution in [2.75, 3.05) is 26.2 Å². The molecule has 4 heterocycles. The fourth-order valence-corrected chi connectivity index (χ4v) is 5.78. The van der Waals surface area contributed by atoms with Crippen LogP contribution in [0.3, 0.4) is 0 Å². The molecule has 1 amide bonds. The van der Waals surface area contributed by atoms with E-state index in [-0.39, 0.29) is 5.91 Å². The van der Waals surface area contributed by atoms with Crippen molar-refractivity contribution >= 4 is 29.4 Å². The highest BCUT2D eigenvalue weighted by molar-refractivity contribution is 8.04. The van der Waals surface area contributed by atoms with Crippen molar-refractivity contribution in [1.82, 2.24) is 19.6 Å². The van der Waals surface area contributed by atoms with E-state index in [0.717, 1.165) is 52.9 Å². The number of carbonyl (C=O) groups excluding carboxylic acids is 1. The number of piperidine rings is 1. The van der Waals surface area contributed by atoms with E-state index in [4.69, 9.17) is 0 Å². The molecule has 0 radical (unpaired) electrons. The second-order valence-electron chi connectivity index (χ2n) is 8.74. The van der Waals surface area contributed by atoms with E-state index >= 15 is 0 Å². The molecule has 1 saturated heterocycles. The number of carbonyl (C=O) groups is 1. The Morgan fingerprint density at radius 3 is 2.72 bits per heavy atom. The summed E-state index contributed by atoms with van der Waals surface area (Å²) in [6, 6.07) is 17.0. The minimum Gasteiger partial charge on any atom is -0.352 e. The number of aromatic nitrogens is 2. The van der Waals surface area contributed by atoms with Gasteiger partial charge in [0.2, 0.25) is 0 Å². The zero-order valence-corrected chi connectivity index (χ0v) is 19.4. The molecule has 0 atom stereocenters. The summed E-state index contributed by atoms with van der Waals surface area (Å²) >= 11 is 1.52. The number of benzene rings is 1. The third-order valence-electron chi connectivity index (χ3n) is 6.58. The lowest BCUT2D eigenvalue weighted by Crippen LogP contribution is -2.34. The number of imidazole rings is 1. The van der Waals surface area contributed by atoms with Crippen LogP contribution >= 0.6 is 11.8 Å². The molecular formula is C26H30N4OS. The molecule has 1 fully saturated rings. The van der Waals surface area contributed by atoms with Crippen LogP contribution in [0.15, 0.2) is 58.5 Å². The maximum Gasteiger partial charge on any atom is 0.258 e. The summed E-state index contributed by atoms with van der Waals surface area (Å²) in [6.07, 6.45) is 6.59. The van der Waals surface area contributed by atoms with Gasteiger partial charge in [0, 0.05) is 6.54 Å². The van der Waals surface area contributed by atoms with Gasteiger partial charge in [-0.25, -0.2) is 4.98 Å². The number of thioether (sulfide) groups is 1. The highest BCUT2D eigenvalue weighted by Crippen LogP contribution is 2.35. The van der Waals surface area contributed by atoms with E-state index in [1.54, 1.807) is 0 Å². The lowest BCUT2D eigenvalue weighted by Gasteiger charge is -2.32. The molecule has 5 rings (SSSR count). The summed E-state index contributed by atoms with van der Waals surface area (Å²) in [5.41, 5.74) is 4.39. The minimum atomic E-state index is 0.0162. The van der Waals surface area contributed by atoms with Crippen LogP contribution in [0, 0.1) is 6.92 Å². The van der Waals surface area contributed by atoms with Crippen LogP contribution in [0.5, 0.6) is 0 Å². The van der Waals surface area contributed by atoms with Crippen molar-refractivity contribution in [3.8, 4) is 0 Å². The number of pyridine rings is 1. The molecule has 0 spiro atoms. The molecule has 0 bridgehead atoms. The number of nitrogens with zero attached hydrogens (tertiary/aromatic N) is 3. The molecule has 1 aromatic carbocycles. The summed E-state index contributed by atoms with van der Waals surface area (Å²) in [6.45, 7) is 6.19. The predicted octanol–water partition coefficient (Wildman–Crippen LogP) is 4.87. The fraction of sp³-hybridized carbons (Fsp3) is 0.385. The molecule has 2 aliphatic heterocycles. The van der Waals surface area contributed by atoms with Crippen LogP contribution in [0.25, 0.3) is 11.7 Å². The van der Waals surface area contributed by atoms with E-state index in [1.165, 1.54) is 43.3 Å². The molecule has 32 heavy (non-hydrogen) atoms. The second kappa shape index (κ2) is 9.51. The van der Waals surface area contributed by atoms with Crippen LogP contribution < -0.4 is 5.32 Å². The van der Waals surface area contributed by atoms with Crippen molar-refractivity contribution in [1.29, 1.82) is 0 Å². The number of hydrogen-bond acceptors (Lipinski definition) is 4. The smallest absolute Gasteiger partial charge is 0.258 e. The summed E-state index contributed by atoms with van der Waals surface area (Å²) < 4.78 is 2.12. The number of amides is 1.